The van der Waals surface area contributed by atoms with Crippen molar-refractivity contribution in [1.82, 2.24) is 0 Å². The van der Waals surface area contributed by atoms with E-state index < -0.39 is 25.0 Å². The second-order valence-electron chi connectivity index (χ2n) is 3.29. The van der Waals surface area contributed by atoms with Crippen LogP contribution in [-0.2, 0) is 19.0 Å². The SMILES string of the molecule is C=C(C)C(=O)OC(C)OCCOCC(F)(F)F. The minimum absolute atomic E-state index is 0.0965. The molecule has 0 aliphatic heterocycles. The highest BCUT2D eigenvalue weighted by atomic mass is 19.4. The Labute approximate surface area is 97.3 Å². The fourth-order valence-corrected chi connectivity index (χ4v) is 0.746. The molecule has 0 aliphatic carbocycles. The van der Waals surface area contributed by atoms with E-state index in [0.29, 0.717) is 0 Å². The lowest BCUT2D eigenvalue weighted by molar-refractivity contribution is -0.187. The third-order valence-electron chi connectivity index (χ3n) is 1.47. The summed E-state index contributed by atoms with van der Waals surface area (Å²) in [5.74, 6) is -0.617. The first kappa shape index (κ1) is 15.9. The van der Waals surface area contributed by atoms with Gasteiger partial charge >= 0.3 is 12.1 Å². The van der Waals surface area contributed by atoms with E-state index in [0.717, 1.165) is 0 Å². The van der Waals surface area contributed by atoms with Crippen LogP contribution in [0.2, 0.25) is 0 Å². The molecule has 0 bridgehead atoms. The molecule has 0 saturated heterocycles. The van der Waals surface area contributed by atoms with Gasteiger partial charge in [0.15, 0.2) is 0 Å². The van der Waals surface area contributed by atoms with Crippen LogP contribution in [-0.4, -0.2) is 38.3 Å². The number of rotatable bonds is 7. The van der Waals surface area contributed by atoms with Gasteiger partial charge in [0.2, 0.25) is 6.29 Å². The summed E-state index contributed by atoms with van der Waals surface area (Å²) in [6.07, 6.45) is -5.20. The van der Waals surface area contributed by atoms with Gasteiger partial charge in [0.1, 0.15) is 6.61 Å². The highest BCUT2D eigenvalue weighted by Gasteiger charge is 2.27. The van der Waals surface area contributed by atoms with E-state index in [1.165, 1.54) is 13.8 Å². The molecule has 100 valence electrons. The van der Waals surface area contributed by atoms with Crippen molar-refractivity contribution in [3.8, 4) is 0 Å². The van der Waals surface area contributed by atoms with Crippen molar-refractivity contribution < 1.29 is 32.2 Å². The van der Waals surface area contributed by atoms with Crippen molar-refractivity contribution in [3.63, 3.8) is 0 Å². The average Bonchev–Trinajstić information content (AvgIpc) is 2.15. The molecule has 0 spiro atoms. The standard InChI is InChI=1S/C10H15F3O4/c1-7(2)9(14)17-8(3)16-5-4-15-6-10(11,12)13/h8H,1,4-6H2,2-3H3. The number of halogens is 3. The smallest absolute Gasteiger partial charge is 0.411 e. The molecule has 4 nitrogen and oxygen atoms in total. The summed E-state index contributed by atoms with van der Waals surface area (Å²) in [5, 5.41) is 0. The number of alkyl halides is 3. The molecular formula is C10H15F3O4. The Morgan fingerprint density at radius 1 is 1.35 bits per heavy atom. The summed E-state index contributed by atoms with van der Waals surface area (Å²) in [6.45, 7) is 4.64. The summed E-state index contributed by atoms with van der Waals surface area (Å²) in [4.78, 5) is 11.0. The first-order valence-electron chi connectivity index (χ1n) is 4.85. The van der Waals surface area contributed by atoms with E-state index in [1.807, 2.05) is 0 Å². The van der Waals surface area contributed by atoms with Crippen LogP contribution in [0.4, 0.5) is 13.2 Å². The molecule has 0 radical (unpaired) electrons. The van der Waals surface area contributed by atoms with Crippen LogP contribution >= 0.6 is 0 Å². The predicted octanol–water partition coefficient (Wildman–Crippen LogP) is 2.05. The van der Waals surface area contributed by atoms with Gasteiger partial charge in [0, 0.05) is 5.57 Å². The van der Waals surface area contributed by atoms with Gasteiger partial charge in [-0.1, -0.05) is 6.58 Å². The highest BCUT2D eigenvalue weighted by Crippen LogP contribution is 2.14. The number of carbonyl (C=O) groups is 1. The Balaban J connectivity index is 3.55. The Morgan fingerprint density at radius 3 is 2.41 bits per heavy atom. The van der Waals surface area contributed by atoms with Gasteiger partial charge in [-0.25, -0.2) is 4.79 Å². The van der Waals surface area contributed by atoms with Crippen LogP contribution in [0.25, 0.3) is 0 Å². The summed E-state index contributed by atoms with van der Waals surface area (Å²) >= 11 is 0. The summed E-state index contributed by atoms with van der Waals surface area (Å²) in [6, 6.07) is 0. The largest absolute Gasteiger partial charge is 0.433 e. The van der Waals surface area contributed by atoms with Crippen molar-refractivity contribution >= 4 is 5.97 Å². The minimum Gasteiger partial charge on any atom is -0.433 e. The molecule has 0 N–H and O–H groups in total. The molecule has 0 aromatic rings. The molecule has 0 aromatic carbocycles. The second kappa shape index (κ2) is 7.29. The topological polar surface area (TPSA) is 44.8 Å². The number of ether oxygens (including phenoxy) is 3. The summed E-state index contributed by atoms with van der Waals surface area (Å²) < 4.78 is 48.9. The quantitative estimate of drug-likeness (QED) is 0.302. The Hall–Kier alpha value is -1.08. The van der Waals surface area contributed by atoms with Gasteiger partial charge < -0.3 is 14.2 Å². The number of hydrogen-bond acceptors (Lipinski definition) is 4. The predicted molar refractivity (Wildman–Crippen MR) is 53.2 cm³/mol. The number of carbonyl (C=O) groups excluding carboxylic acids is 1. The summed E-state index contributed by atoms with van der Waals surface area (Å²) in [7, 11) is 0. The van der Waals surface area contributed by atoms with Crippen LogP contribution in [0.15, 0.2) is 12.2 Å². The lowest BCUT2D eigenvalue weighted by Crippen LogP contribution is -2.22. The monoisotopic (exact) mass is 256 g/mol. The first-order chi connectivity index (χ1) is 7.72. The lowest BCUT2D eigenvalue weighted by Gasteiger charge is -2.14. The van der Waals surface area contributed by atoms with Gasteiger partial charge in [-0.15, -0.1) is 0 Å². The van der Waals surface area contributed by atoms with Crippen LogP contribution in [0, 0.1) is 0 Å². The minimum atomic E-state index is -4.35. The van der Waals surface area contributed by atoms with Crippen LogP contribution in [0.1, 0.15) is 13.8 Å². The maximum atomic E-state index is 11.7. The maximum Gasteiger partial charge on any atom is 0.411 e. The average molecular weight is 256 g/mol. The molecule has 17 heavy (non-hydrogen) atoms. The van der Waals surface area contributed by atoms with E-state index in [-0.39, 0.29) is 18.8 Å². The Bertz CT molecular complexity index is 263. The Kier molecular flexibility index (Phi) is 6.82. The molecule has 0 rings (SSSR count). The molecule has 0 fully saturated rings. The van der Waals surface area contributed by atoms with Gasteiger partial charge in [0.25, 0.3) is 0 Å². The molecular weight excluding hydrogens is 241 g/mol. The van der Waals surface area contributed by atoms with Crippen molar-refractivity contribution in [2.45, 2.75) is 26.3 Å². The number of hydrogen-bond donors (Lipinski definition) is 0. The highest BCUT2D eigenvalue weighted by molar-refractivity contribution is 5.86. The fourth-order valence-electron chi connectivity index (χ4n) is 0.746. The van der Waals surface area contributed by atoms with Crippen molar-refractivity contribution in [3.05, 3.63) is 12.2 Å². The zero-order valence-corrected chi connectivity index (χ0v) is 9.67. The van der Waals surface area contributed by atoms with Crippen LogP contribution in [0.3, 0.4) is 0 Å². The molecule has 0 saturated carbocycles. The van der Waals surface area contributed by atoms with Gasteiger partial charge in [-0.3, -0.25) is 0 Å². The third-order valence-corrected chi connectivity index (χ3v) is 1.47. The molecule has 1 unspecified atom stereocenters. The molecule has 0 aromatic heterocycles. The van der Waals surface area contributed by atoms with Crippen LogP contribution < -0.4 is 0 Å². The Morgan fingerprint density at radius 2 is 1.94 bits per heavy atom. The van der Waals surface area contributed by atoms with Crippen LogP contribution in [0.5, 0.6) is 0 Å². The van der Waals surface area contributed by atoms with Crippen molar-refractivity contribution in [2.75, 3.05) is 19.8 Å². The third kappa shape index (κ3) is 9.83. The maximum absolute atomic E-state index is 11.7. The van der Waals surface area contributed by atoms with Gasteiger partial charge in [0.05, 0.1) is 13.2 Å². The normalized spacial score (nSPS) is 13.2. The number of esters is 1. The van der Waals surface area contributed by atoms with Gasteiger partial charge in [-0.2, -0.15) is 13.2 Å². The van der Waals surface area contributed by atoms with E-state index in [4.69, 9.17) is 9.47 Å². The van der Waals surface area contributed by atoms with E-state index in [9.17, 15) is 18.0 Å². The first-order valence-corrected chi connectivity index (χ1v) is 4.85. The zero-order chi connectivity index (χ0) is 13.5. The molecule has 0 aliphatic rings. The molecule has 1 atom stereocenters. The lowest BCUT2D eigenvalue weighted by atomic mass is 10.4. The van der Waals surface area contributed by atoms with E-state index >= 15 is 0 Å². The second-order valence-corrected chi connectivity index (χ2v) is 3.29. The van der Waals surface area contributed by atoms with Gasteiger partial charge in [-0.05, 0) is 13.8 Å². The summed E-state index contributed by atoms with van der Waals surface area (Å²) in [5.41, 5.74) is 0.216. The van der Waals surface area contributed by atoms with E-state index in [2.05, 4.69) is 11.3 Å². The molecule has 0 amide bonds. The van der Waals surface area contributed by atoms with Crippen molar-refractivity contribution in [2.24, 2.45) is 0 Å². The van der Waals surface area contributed by atoms with E-state index in [1.54, 1.807) is 0 Å². The zero-order valence-electron chi connectivity index (χ0n) is 9.67. The molecule has 7 heteroatoms. The van der Waals surface area contributed by atoms with Crippen molar-refractivity contribution in [1.29, 1.82) is 0 Å². The fraction of sp³-hybridized carbons (Fsp3) is 0.700. The molecule has 0 heterocycles.